The molecule has 2 fully saturated rings. The minimum absolute atomic E-state index is 0.0356. The van der Waals surface area contributed by atoms with E-state index in [0.717, 1.165) is 17.7 Å². The number of aromatic hydroxyl groups is 1. The van der Waals surface area contributed by atoms with Crippen molar-refractivity contribution < 1.29 is 39.5 Å². The zero-order chi connectivity index (χ0) is 32.2. The number of phenolic OH excluding ortho intramolecular Hbond substituents is 1. The van der Waals surface area contributed by atoms with Crippen LogP contribution in [-0.2, 0) is 27.3 Å². The molecule has 7 N–H and O–H groups in total. The lowest BCUT2D eigenvalue weighted by atomic mass is 9.54. The number of aliphatic hydroxyl groups excluding tert-OH is 2. The Balaban J connectivity index is 1.65. The molecule has 11 heteroatoms. The van der Waals surface area contributed by atoms with Crippen LogP contribution in [-0.4, -0.2) is 88.3 Å². The summed E-state index contributed by atoms with van der Waals surface area (Å²) in [6.45, 7) is 5.71. The Kier molecular flexibility index (Phi) is 8.36. The number of nitrogens with two attached hydrogens (primary N) is 1. The minimum atomic E-state index is -2.70. The number of ketones is 2. The lowest BCUT2D eigenvalue weighted by Gasteiger charge is -2.53. The van der Waals surface area contributed by atoms with Crippen LogP contribution in [0.3, 0.4) is 0 Å². The zero-order valence-electron chi connectivity index (χ0n) is 25.6. The second kappa shape index (κ2) is 11.6. The molecule has 1 amide bonds. The predicted molar refractivity (Wildman–Crippen MR) is 163 cm³/mol. The number of amides is 1. The van der Waals surface area contributed by atoms with Crippen molar-refractivity contribution in [2.24, 2.45) is 29.4 Å². The smallest absolute Gasteiger partial charge is 0.230 e. The number of hydrogen-bond donors (Lipinski definition) is 6. The van der Waals surface area contributed by atoms with Crippen LogP contribution in [0.15, 0.2) is 35.9 Å². The van der Waals surface area contributed by atoms with Gasteiger partial charge in [-0.1, -0.05) is 26.0 Å². The van der Waals surface area contributed by atoms with Gasteiger partial charge in [-0.3, -0.25) is 14.4 Å². The van der Waals surface area contributed by atoms with Crippen LogP contribution >= 0.6 is 0 Å². The number of aliphatic hydroxyl groups is 3. The van der Waals surface area contributed by atoms with E-state index < -0.39 is 58.7 Å². The third-order valence-corrected chi connectivity index (χ3v) is 9.41. The first-order valence-electron chi connectivity index (χ1n) is 14.9. The number of hydrogen-bond acceptors (Lipinski definition) is 10. The van der Waals surface area contributed by atoms with Gasteiger partial charge in [0.25, 0.3) is 0 Å². The van der Waals surface area contributed by atoms with Gasteiger partial charge in [0.15, 0.2) is 11.4 Å². The fourth-order valence-corrected chi connectivity index (χ4v) is 7.44. The molecule has 0 aromatic heterocycles. The van der Waals surface area contributed by atoms with Gasteiger partial charge >= 0.3 is 0 Å². The Morgan fingerprint density at radius 3 is 2.48 bits per heavy atom. The lowest BCUT2D eigenvalue weighted by molar-refractivity contribution is -0.184. The van der Waals surface area contributed by atoms with Gasteiger partial charge in [-0.05, 0) is 80.2 Å². The molecule has 3 aliphatic carbocycles. The highest BCUT2D eigenvalue weighted by atomic mass is 16.5. The van der Waals surface area contributed by atoms with Crippen molar-refractivity contribution in [3.8, 4) is 22.6 Å². The van der Waals surface area contributed by atoms with Gasteiger partial charge in [0, 0.05) is 29.6 Å². The number of carbonyl (C=O) groups excluding carboxylic acids is 3. The molecule has 0 aliphatic heterocycles. The molecule has 0 radical (unpaired) electrons. The maximum Gasteiger partial charge on any atom is 0.230 e. The molecule has 2 saturated carbocycles. The largest absolute Gasteiger partial charge is 0.507 e. The molecule has 0 heterocycles. The number of primary amides is 1. The Bertz CT molecular complexity index is 1550. The predicted octanol–water partition coefficient (Wildman–Crippen LogP) is 1.55. The van der Waals surface area contributed by atoms with Crippen LogP contribution in [0.25, 0.3) is 16.9 Å². The third-order valence-electron chi connectivity index (χ3n) is 9.41. The van der Waals surface area contributed by atoms with Crippen molar-refractivity contribution in [1.29, 1.82) is 0 Å². The van der Waals surface area contributed by atoms with Crippen molar-refractivity contribution in [2.75, 3.05) is 27.7 Å². The summed E-state index contributed by atoms with van der Waals surface area (Å²) in [7, 11) is 4.80. The zero-order valence-corrected chi connectivity index (χ0v) is 25.6. The summed E-state index contributed by atoms with van der Waals surface area (Å²) in [5, 5.41) is 48.9. The lowest BCUT2D eigenvalue weighted by Crippen LogP contribution is -2.73. The number of nitrogens with zero attached hydrogens (tertiary/aromatic N) is 1. The molecular formula is C33H41N3O8. The average Bonchev–Trinajstić information content (AvgIpc) is 2.94. The Hall–Kier alpha value is -3.77. The number of benzene rings is 2. The maximum absolute atomic E-state index is 14.1. The van der Waals surface area contributed by atoms with E-state index in [1.165, 1.54) is 6.07 Å². The monoisotopic (exact) mass is 607 g/mol. The van der Waals surface area contributed by atoms with Crippen LogP contribution in [0, 0.1) is 23.7 Å². The summed E-state index contributed by atoms with van der Waals surface area (Å²) < 4.78 is 5.69. The molecule has 11 nitrogen and oxygen atoms in total. The highest BCUT2D eigenvalue weighted by Crippen LogP contribution is 2.53. The Labute approximate surface area is 256 Å². The Morgan fingerprint density at radius 2 is 1.86 bits per heavy atom. The van der Waals surface area contributed by atoms with Crippen LogP contribution in [0.4, 0.5) is 0 Å². The van der Waals surface area contributed by atoms with E-state index in [1.807, 2.05) is 18.2 Å². The molecule has 2 aromatic rings. The fraction of sp³-hybridized carbons (Fsp3) is 0.485. The molecule has 0 spiro atoms. The normalized spacial score (nSPS) is 28.2. The molecule has 2 unspecified atom stereocenters. The van der Waals surface area contributed by atoms with Crippen molar-refractivity contribution in [3.05, 3.63) is 52.6 Å². The number of nitrogens with one attached hydrogen (secondary N) is 1. The van der Waals surface area contributed by atoms with Gasteiger partial charge in [-0.25, -0.2) is 0 Å². The van der Waals surface area contributed by atoms with E-state index in [-0.39, 0.29) is 29.7 Å². The topological polar surface area (TPSA) is 183 Å². The summed E-state index contributed by atoms with van der Waals surface area (Å²) in [5.74, 6) is -6.67. The molecule has 3 aliphatic rings. The van der Waals surface area contributed by atoms with Gasteiger partial charge in [0.1, 0.15) is 23.2 Å². The SMILES string of the molecule is COc1ccc(CNCC(C)C)cc1-c1ccc(O)c2c1C[C@H]1C[C@H]3[C@H](N(C)C)C(O)C(C(N)=O)C(=O)[C@@]3(O)C(=O)C1=C2O. The molecular weight excluding hydrogens is 566 g/mol. The second-order valence-corrected chi connectivity index (χ2v) is 12.8. The first kappa shape index (κ1) is 31.6. The average molecular weight is 608 g/mol. The van der Waals surface area contributed by atoms with Crippen molar-refractivity contribution >= 4 is 23.2 Å². The number of likely N-dealkylation sites (N-methyl/N-ethyl adjacent to an activating group) is 1. The number of phenols is 1. The van der Waals surface area contributed by atoms with Crippen LogP contribution < -0.4 is 15.8 Å². The van der Waals surface area contributed by atoms with E-state index in [4.69, 9.17) is 10.5 Å². The molecule has 236 valence electrons. The van der Waals surface area contributed by atoms with Gasteiger partial charge in [-0.2, -0.15) is 0 Å². The fourth-order valence-electron chi connectivity index (χ4n) is 7.44. The minimum Gasteiger partial charge on any atom is -0.507 e. The second-order valence-electron chi connectivity index (χ2n) is 12.8. The molecule has 6 atom stereocenters. The van der Waals surface area contributed by atoms with Crippen molar-refractivity contribution in [3.63, 3.8) is 0 Å². The van der Waals surface area contributed by atoms with E-state index in [0.29, 0.717) is 29.3 Å². The van der Waals surface area contributed by atoms with Gasteiger partial charge in [0.05, 0.1) is 18.8 Å². The first-order valence-corrected chi connectivity index (χ1v) is 14.9. The van der Waals surface area contributed by atoms with E-state index >= 15 is 0 Å². The van der Waals surface area contributed by atoms with Gasteiger partial charge in [0.2, 0.25) is 11.7 Å². The quantitative estimate of drug-likeness (QED) is 0.241. The summed E-state index contributed by atoms with van der Waals surface area (Å²) >= 11 is 0. The third kappa shape index (κ3) is 4.88. The maximum atomic E-state index is 14.1. The number of fused-ring (bicyclic) bond motifs is 3. The summed E-state index contributed by atoms with van der Waals surface area (Å²) in [5.41, 5.74) is 5.62. The number of rotatable bonds is 8. The summed E-state index contributed by atoms with van der Waals surface area (Å²) in [6, 6.07) is 8.02. The van der Waals surface area contributed by atoms with Gasteiger partial charge < -0.3 is 41.1 Å². The number of ether oxygens (including phenoxy) is 1. The summed E-state index contributed by atoms with van der Waals surface area (Å²) in [4.78, 5) is 41.5. The van der Waals surface area contributed by atoms with E-state index in [2.05, 4.69) is 19.2 Å². The molecule has 2 aromatic carbocycles. The van der Waals surface area contributed by atoms with Crippen LogP contribution in [0.1, 0.15) is 37.0 Å². The van der Waals surface area contributed by atoms with E-state index in [1.54, 1.807) is 32.2 Å². The molecule has 5 rings (SSSR count). The first-order chi connectivity index (χ1) is 20.7. The standard InChI is InChI=1S/C33H41N3O8/c1-15(2)13-35-14-16-6-9-23(44-5)19(10-16)18-7-8-22(37)25-20(18)11-17-12-21-27(36(3)4)29(39)26(32(34)42)31(41)33(21,43)30(40)24(17)28(25)38/h6-10,15,17,21,26-27,29,35,37-39,43H,11-14H2,1-5H3,(H2,34,42)/t17-,21-,26?,27-,29?,33-/m0/s1. The van der Waals surface area contributed by atoms with Crippen molar-refractivity contribution in [1.82, 2.24) is 10.2 Å². The number of carbonyl (C=O) groups is 3. The summed E-state index contributed by atoms with van der Waals surface area (Å²) in [6.07, 6.45) is -1.30. The van der Waals surface area contributed by atoms with Crippen molar-refractivity contribution in [2.45, 2.75) is 51.0 Å². The number of Topliss-reactive ketones (excluding diaryl/α,β-unsaturated/α-hetero) is 2. The molecule has 0 saturated heterocycles. The Morgan fingerprint density at radius 1 is 1.16 bits per heavy atom. The molecule has 44 heavy (non-hydrogen) atoms. The van der Waals surface area contributed by atoms with Crippen LogP contribution in [0.5, 0.6) is 11.5 Å². The van der Waals surface area contributed by atoms with Gasteiger partial charge in [-0.15, -0.1) is 0 Å². The van der Waals surface area contributed by atoms with E-state index in [9.17, 15) is 34.8 Å². The molecule has 0 bridgehead atoms. The van der Waals surface area contributed by atoms with Crippen LogP contribution in [0.2, 0.25) is 0 Å². The highest BCUT2D eigenvalue weighted by Gasteiger charge is 2.67. The number of methoxy groups -OCH3 is 1. The highest BCUT2D eigenvalue weighted by molar-refractivity contribution is 6.25.